The minimum absolute atomic E-state index is 0. The van der Waals surface area contributed by atoms with Crippen LogP contribution >= 0.6 is 24.2 Å². The van der Waals surface area contributed by atoms with Crippen LogP contribution < -0.4 is 5.73 Å². The van der Waals surface area contributed by atoms with Crippen molar-refractivity contribution < 1.29 is 9.53 Å². The lowest BCUT2D eigenvalue weighted by atomic mass is 10.2. The SMILES string of the molecule is CCC(C)OC(=O)[C@@H](N)CCSC.Cl. The second kappa shape index (κ2) is 9.62. The molecule has 0 heterocycles. The molecule has 5 heteroatoms. The molecule has 0 rings (SSSR count). The Hall–Kier alpha value is 0.0700. The van der Waals surface area contributed by atoms with Crippen LogP contribution in [0.4, 0.5) is 0 Å². The molecule has 0 aliphatic heterocycles. The number of nitrogens with two attached hydrogens (primary N) is 1. The zero-order chi connectivity index (χ0) is 10.3. The minimum atomic E-state index is -0.457. The molecule has 1 unspecified atom stereocenters. The first kappa shape index (κ1) is 16.5. The molecule has 0 aromatic rings. The van der Waals surface area contributed by atoms with E-state index in [0.29, 0.717) is 6.42 Å². The Balaban J connectivity index is 0. The summed E-state index contributed by atoms with van der Waals surface area (Å²) in [7, 11) is 0. The first-order valence-electron chi connectivity index (χ1n) is 4.56. The highest BCUT2D eigenvalue weighted by Crippen LogP contribution is 2.03. The van der Waals surface area contributed by atoms with Crippen LogP contribution in [0.5, 0.6) is 0 Å². The van der Waals surface area contributed by atoms with E-state index in [1.165, 1.54) is 0 Å². The van der Waals surface area contributed by atoms with Gasteiger partial charge in [-0.1, -0.05) is 6.92 Å². The van der Waals surface area contributed by atoms with Gasteiger partial charge in [0.05, 0.1) is 6.10 Å². The van der Waals surface area contributed by atoms with E-state index < -0.39 is 6.04 Å². The number of ether oxygens (including phenoxy) is 1. The molecular formula is C9H20ClNO2S. The van der Waals surface area contributed by atoms with Crippen molar-refractivity contribution >= 4 is 30.1 Å². The average molecular weight is 242 g/mol. The topological polar surface area (TPSA) is 52.3 Å². The number of carbonyl (C=O) groups excluding carboxylic acids is 1. The van der Waals surface area contributed by atoms with E-state index in [9.17, 15) is 4.79 Å². The molecule has 0 saturated carbocycles. The Kier molecular flexibility index (Phi) is 11.3. The van der Waals surface area contributed by atoms with Gasteiger partial charge in [0.15, 0.2) is 0 Å². The average Bonchev–Trinajstić information content (AvgIpc) is 2.13. The van der Waals surface area contributed by atoms with Crippen molar-refractivity contribution in [1.29, 1.82) is 0 Å². The van der Waals surface area contributed by atoms with Gasteiger partial charge in [-0.05, 0) is 31.8 Å². The molecule has 0 bridgehead atoms. The Labute approximate surface area is 96.5 Å². The molecule has 2 N–H and O–H groups in total. The van der Waals surface area contributed by atoms with Gasteiger partial charge in [0.25, 0.3) is 0 Å². The predicted octanol–water partition coefficient (Wildman–Crippen LogP) is 1.83. The van der Waals surface area contributed by atoms with Crippen LogP contribution in [0.25, 0.3) is 0 Å². The highest BCUT2D eigenvalue weighted by Gasteiger charge is 2.16. The lowest BCUT2D eigenvalue weighted by Crippen LogP contribution is -2.34. The van der Waals surface area contributed by atoms with E-state index >= 15 is 0 Å². The molecule has 3 nitrogen and oxygen atoms in total. The molecule has 0 aromatic carbocycles. The lowest BCUT2D eigenvalue weighted by Gasteiger charge is -2.14. The van der Waals surface area contributed by atoms with Crippen LogP contribution in [0.1, 0.15) is 26.7 Å². The highest BCUT2D eigenvalue weighted by atomic mass is 35.5. The van der Waals surface area contributed by atoms with Crippen LogP contribution in [0.2, 0.25) is 0 Å². The third-order valence-electron chi connectivity index (χ3n) is 1.83. The zero-order valence-electron chi connectivity index (χ0n) is 8.99. The minimum Gasteiger partial charge on any atom is -0.462 e. The number of carbonyl (C=O) groups is 1. The lowest BCUT2D eigenvalue weighted by molar-refractivity contribution is -0.149. The second-order valence-electron chi connectivity index (χ2n) is 3.04. The van der Waals surface area contributed by atoms with Crippen molar-refractivity contribution in [2.45, 2.75) is 38.8 Å². The summed E-state index contributed by atoms with van der Waals surface area (Å²) in [5.41, 5.74) is 5.62. The van der Waals surface area contributed by atoms with Gasteiger partial charge in [0.1, 0.15) is 6.04 Å². The fourth-order valence-electron chi connectivity index (χ4n) is 0.732. The third-order valence-corrected chi connectivity index (χ3v) is 2.47. The number of hydrogen-bond acceptors (Lipinski definition) is 4. The number of esters is 1. The molecule has 0 aromatic heterocycles. The number of halogens is 1. The van der Waals surface area contributed by atoms with Gasteiger partial charge in [-0.15, -0.1) is 12.4 Å². The van der Waals surface area contributed by atoms with E-state index in [-0.39, 0.29) is 24.5 Å². The Morgan fingerprint density at radius 1 is 1.57 bits per heavy atom. The first-order valence-corrected chi connectivity index (χ1v) is 5.96. The Bertz CT molecular complexity index is 158. The van der Waals surface area contributed by atoms with Gasteiger partial charge >= 0.3 is 5.97 Å². The maximum Gasteiger partial charge on any atom is 0.323 e. The van der Waals surface area contributed by atoms with Crippen molar-refractivity contribution in [3.8, 4) is 0 Å². The largest absolute Gasteiger partial charge is 0.462 e. The first-order chi connectivity index (χ1) is 6.11. The van der Waals surface area contributed by atoms with E-state index in [4.69, 9.17) is 10.5 Å². The normalized spacial score (nSPS) is 14.0. The number of thioether (sulfide) groups is 1. The maximum absolute atomic E-state index is 11.3. The van der Waals surface area contributed by atoms with Gasteiger partial charge in [-0.3, -0.25) is 4.79 Å². The zero-order valence-corrected chi connectivity index (χ0v) is 10.6. The summed E-state index contributed by atoms with van der Waals surface area (Å²) >= 11 is 1.68. The van der Waals surface area contributed by atoms with E-state index in [1.807, 2.05) is 20.1 Å². The monoisotopic (exact) mass is 241 g/mol. The van der Waals surface area contributed by atoms with Gasteiger partial charge in [0.2, 0.25) is 0 Å². The van der Waals surface area contributed by atoms with Crippen molar-refractivity contribution in [3.05, 3.63) is 0 Å². The molecule has 0 spiro atoms. The Morgan fingerprint density at radius 2 is 2.14 bits per heavy atom. The molecular weight excluding hydrogens is 222 g/mol. The molecule has 0 aliphatic carbocycles. The number of rotatable bonds is 6. The second-order valence-corrected chi connectivity index (χ2v) is 4.03. The fraction of sp³-hybridized carbons (Fsp3) is 0.889. The standard InChI is InChI=1S/C9H19NO2S.ClH/c1-4-7(2)12-9(11)8(10)5-6-13-3;/h7-8H,4-6,10H2,1-3H3;1H/t7?,8-;/m0./s1. The summed E-state index contributed by atoms with van der Waals surface area (Å²) in [5, 5.41) is 0. The molecule has 0 fully saturated rings. The number of hydrogen-bond donors (Lipinski definition) is 1. The molecule has 86 valence electrons. The summed E-state index contributed by atoms with van der Waals surface area (Å²) in [6, 6.07) is -0.457. The van der Waals surface area contributed by atoms with Crippen molar-refractivity contribution in [2.75, 3.05) is 12.0 Å². The van der Waals surface area contributed by atoms with E-state index in [0.717, 1.165) is 12.2 Å². The molecule has 0 amide bonds. The molecule has 0 aliphatic rings. The molecule has 2 atom stereocenters. The van der Waals surface area contributed by atoms with Crippen LogP contribution in [0.15, 0.2) is 0 Å². The molecule has 14 heavy (non-hydrogen) atoms. The summed E-state index contributed by atoms with van der Waals surface area (Å²) in [4.78, 5) is 11.3. The van der Waals surface area contributed by atoms with Crippen LogP contribution in [-0.4, -0.2) is 30.1 Å². The summed E-state index contributed by atoms with van der Waals surface area (Å²) in [5.74, 6) is 0.625. The highest BCUT2D eigenvalue weighted by molar-refractivity contribution is 7.98. The molecule has 0 saturated heterocycles. The smallest absolute Gasteiger partial charge is 0.323 e. The predicted molar refractivity (Wildman–Crippen MR) is 64.1 cm³/mol. The van der Waals surface area contributed by atoms with Crippen molar-refractivity contribution in [2.24, 2.45) is 5.73 Å². The summed E-state index contributed by atoms with van der Waals surface area (Å²) < 4.78 is 5.09. The van der Waals surface area contributed by atoms with Gasteiger partial charge in [-0.2, -0.15) is 11.8 Å². The van der Waals surface area contributed by atoms with Gasteiger partial charge in [-0.25, -0.2) is 0 Å². The maximum atomic E-state index is 11.3. The fourth-order valence-corrected chi connectivity index (χ4v) is 1.22. The summed E-state index contributed by atoms with van der Waals surface area (Å²) in [6.07, 6.45) is 3.50. The van der Waals surface area contributed by atoms with Crippen LogP contribution in [-0.2, 0) is 9.53 Å². The van der Waals surface area contributed by atoms with Crippen molar-refractivity contribution in [3.63, 3.8) is 0 Å². The van der Waals surface area contributed by atoms with Gasteiger partial charge in [0, 0.05) is 0 Å². The van der Waals surface area contributed by atoms with Crippen LogP contribution in [0, 0.1) is 0 Å². The van der Waals surface area contributed by atoms with E-state index in [2.05, 4.69) is 0 Å². The quantitative estimate of drug-likeness (QED) is 0.721. The van der Waals surface area contributed by atoms with Crippen LogP contribution in [0.3, 0.4) is 0 Å². The summed E-state index contributed by atoms with van der Waals surface area (Å²) in [6.45, 7) is 3.85. The molecule has 0 radical (unpaired) electrons. The third kappa shape index (κ3) is 7.47. The van der Waals surface area contributed by atoms with Gasteiger partial charge < -0.3 is 10.5 Å². The van der Waals surface area contributed by atoms with Crippen molar-refractivity contribution in [1.82, 2.24) is 0 Å². The van der Waals surface area contributed by atoms with E-state index in [1.54, 1.807) is 11.8 Å². The Morgan fingerprint density at radius 3 is 2.57 bits per heavy atom.